The minimum Gasteiger partial charge on any atom is -0.395 e. The third-order valence-corrected chi connectivity index (χ3v) is 3.92. The SMILES string of the molecule is O=C(c1ccc(C#CCCO)c(F)c1)N1CCSCC1. The number of aliphatic hydroxyl groups excluding tert-OH is 1. The van der Waals surface area contributed by atoms with Crippen LogP contribution in [0.25, 0.3) is 0 Å². The molecule has 3 nitrogen and oxygen atoms in total. The molecule has 0 bridgehead atoms. The molecule has 1 aromatic rings. The molecule has 0 radical (unpaired) electrons. The van der Waals surface area contributed by atoms with E-state index >= 15 is 0 Å². The Morgan fingerprint density at radius 3 is 2.80 bits per heavy atom. The van der Waals surface area contributed by atoms with Crippen LogP contribution in [0.15, 0.2) is 18.2 Å². The lowest BCUT2D eigenvalue weighted by Crippen LogP contribution is -2.37. The first kappa shape index (κ1) is 14.9. The fraction of sp³-hybridized carbons (Fsp3) is 0.400. The van der Waals surface area contributed by atoms with Gasteiger partial charge >= 0.3 is 0 Å². The van der Waals surface area contributed by atoms with Crippen molar-refractivity contribution in [3.05, 3.63) is 35.1 Å². The molecule has 1 fully saturated rings. The van der Waals surface area contributed by atoms with Crippen molar-refractivity contribution in [2.24, 2.45) is 0 Å². The van der Waals surface area contributed by atoms with E-state index in [4.69, 9.17) is 5.11 Å². The van der Waals surface area contributed by atoms with Crippen molar-refractivity contribution in [1.82, 2.24) is 4.90 Å². The summed E-state index contributed by atoms with van der Waals surface area (Å²) in [5.41, 5.74) is 0.617. The molecule has 0 aromatic heterocycles. The molecular weight excluding hydrogens is 277 g/mol. The number of nitrogens with zero attached hydrogens (tertiary/aromatic N) is 1. The zero-order valence-electron chi connectivity index (χ0n) is 11.1. The molecule has 1 aliphatic heterocycles. The van der Waals surface area contributed by atoms with Gasteiger partial charge in [0.25, 0.3) is 5.91 Å². The summed E-state index contributed by atoms with van der Waals surface area (Å²) in [4.78, 5) is 14.0. The zero-order chi connectivity index (χ0) is 14.4. The normalized spacial score (nSPS) is 14.6. The summed E-state index contributed by atoms with van der Waals surface area (Å²) < 4.78 is 13.9. The molecule has 20 heavy (non-hydrogen) atoms. The van der Waals surface area contributed by atoms with E-state index in [-0.39, 0.29) is 18.1 Å². The van der Waals surface area contributed by atoms with Crippen LogP contribution in [0.1, 0.15) is 22.3 Å². The van der Waals surface area contributed by atoms with Crippen LogP contribution in [0, 0.1) is 17.7 Å². The van der Waals surface area contributed by atoms with Gasteiger partial charge in [0, 0.05) is 36.6 Å². The second-order valence-corrected chi connectivity index (χ2v) is 5.60. The number of hydrogen-bond acceptors (Lipinski definition) is 3. The van der Waals surface area contributed by atoms with Crippen molar-refractivity contribution in [3.63, 3.8) is 0 Å². The molecule has 0 aliphatic carbocycles. The van der Waals surface area contributed by atoms with Gasteiger partial charge in [-0.2, -0.15) is 11.8 Å². The quantitative estimate of drug-likeness (QED) is 0.845. The highest BCUT2D eigenvalue weighted by Gasteiger charge is 2.19. The van der Waals surface area contributed by atoms with Crippen molar-refractivity contribution in [2.75, 3.05) is 31.2 Å². The minimum absolute atomic E-state index is 0.0435. The Hall–Kier alpha value is -1.51. The molecule has 1 amide bonds. The van der Waals surface area contributed by atoms with Crippen molar-refractivity contribution < 1.29 is 14.3 Å². The summed E-state index contributed by atoms with van der Waals surface area (Å²) >= 11 is 1.82. The van der Waals surface area contributed by atoms with Gasteiger partial charge in [0.05, 0.1) is 12.2 Å². The van der Waals surface area contributed by atoms with Gasteiger partial charge in [-0.25, -0.2) is 4.39 Å². The maximum Gasteiger partial charge on any atom is 0.254 e. The molecule has 0 saturated carbocycles. The van der Waals surface area contributed by atoms with Gasteiger partial charge < -0.3 is 10.0 Å². The predicted octanol–water partition coefficient (Wildman–Crippen LogP) is 1.75. The van der Waals surface area contributed by atoms with Crippen molar-refractivity contribution in [2.45, 2.75) is 6.42 Å². The summed E-state index contributed by atoms with van der Waals surface area (Å²) in [6.07, 6.45) is 0.311. The smallest absolute Gasteiger partial charge is 0.254 e. The lowest BCUT2D eigenvalue weighted by atomic mass is 10.1. The summed E-state index contributed by atoms with van der Waals surface area (Å²) in [6.45, 7) is 1.38. The van der Waals surface area contributed by atoms with Crippen LogP contribution in [0.2, 0.25) is 0 Å². The van der Waals surface area contributed by atoms with Gasteiger partial charge in [-0.05, 0) is 18.2 Å². The molecule has 0 atom stereocenters. The average Bonchev–Trinajstić information content (AvgIpc) is 2.49. The number of carbonyl (C=O) groups is 1. The number of thioether (sulfide) groups is 1. The van der Waals surface area contributed by atoms with E-state index in [2.05, 4.69) is 11.8 Å². The summed E-state index contributed by atoms with van der Waals surface area (Å²) in [6, 6.07) is 4.37. The van der Waals surface area contributed by atoms with E-state index in [9.17, 15) is 9.18 Å². The highest BCUT2D eigenvalue weighted by molar-refractivity contribution is 7.99. The summed E-state index contributed by atoms with van der Waals surface area (Å²) in [7, 11) is 0. The van der Waals surface area contributed by atoms with Crippen molar-refractivity contribution >= 4 is 17.7 Å². The Bertz CT molecular complexity index is 545. The number of hydrogen-bond donors (Lipinski definition) is 1. The first-order chi connectivity index (χ1) is 9.72. The van der Waals surface area contributed by atoms with Gasteiger partial charge in [0.2, 0.25) is 0 Å². The third kappa shape index (κ3) is 3.75. The first-order valence-electron chi connectivity index (χ1n) is 6.48. The van der Waals surface area contributed by atoms with Crippen molar-refractivity contribution in [3.8, 4) is 11.8 Å². The van der Waals surface area contributed by atoms with E-state index in [0.29, 0.717) is 25.1 Å². The van der Waals surface area contributed by atoms with Crippen LogP contribution in [0.3, 0.4) is 0 Å². The van der Waals surface area contributed by atoms with Crippen LogP contribution in [0.5, 0.6) is 0 Å². The Labute approximate surface area is 122 Å². The predicted molar refractivity (Wildman–Crippen MR) is 78.2 cm³/mol. The van der Waals surface area contributed by atoms with Gasteiger partial charge in [0.1, 0.15) is 5.82 Å². The van der Waals surface area contributed by atoms with E-state index < -0.39 is 5.82 Å². The fourth-order valence-corrected chi connectivity index (χ4v) is 2.82. The third-order valence-electron chi connectivity index (χ3n) is 2.97. The van der Waals surface area contributed by atoms with Crippen molar-refractivity contribution in [1.29, 1.82) is 0 Å². The molecule has 1 aliphatic rings. The minimum atomic E-state index is -0.493. The molecule has 2 rings (SSSR count). The molecule has 106 valence electrons. The number of aliphatic hydroxyl groups is 1. The van der Waals surface area contributed by atoms with E-state index in [1.54, 1.807) is 11.0 Å². The fourth-order valence-electron chi connectivity index (χ4n) is 1.91. The highest BCUT2D eigenvalue weighted by Crippen LogP contribution is 2.15. The lowest BCUT2D eigenvalue weighted by Gasteiger charge is -2.26. The monoisotopic (exact) mass is 293 g/mol. The largest absolute Gasteiger partial charge is 0.395 e. The zero-order valence-corrected chi connectivity index (χ0v) is 11.9. The molecule has 0 unspecified atom stereocenters. The molecule has 5 heteroatoms. The number of halogens is 1. The van der Waals surface area contributed by atoms with Gasteiger partial charge in [-0.3, -0.25) is 4.79 Å². The van der Waals surface area contributed by atoms with Crippen LogP contribution < -0.4 is 0 Å². The van der Waals surface area contributed by atoms with Gasteiger partial charge in [-0.15, -0.1) is 0 Å². The Morgan fingerprint density at radius 2 is 2.15 bits per heavy atom. The van der Waals surface area contributed by atoms with E-state index in [1.165, 1.54) is 12.1 Å². The maximum absolute atomic E-state index is 13.9. The lowest BCUT2D eigenvalue weighted by molar-refractivity contribution is 0.0772. The van der Waals surface area contributed by atoms with Crippen LogP contribution in [0.4, 0.5) is 4.39 Å². The number of amides is 1. The van der Waals surface area contributed by atoms with Crippen LogP contribution in [-0.4, -0.2) is 47.1 Å². The summed E-state index contributed by atoms with van der Waals surface area (Å²) in [5.74, 6) is 6.55. The number of benzene rings is 1. The summed E-state index contributed by atoms with van der Waals surface area (Å²) in [5, 5.41) is 8.63. The standard InChI is InChI=1S/C15H16FNO2S/c16-14-11-13(5-4-12(14)3-1-2-8-18)15(19)17-6-9-20-10-7-17/h4-5,11,18H,2,6-10H2. The van der Waals surface area contributed by atoms with Crippen LogP contribution >= 0.6 is 11.8 Å². The molecule has 1 heterocycles. The average molecular weight is 293 g/mol. The number of carbonyl (C=O) groups excluding carboxylic acids is 1. The second-order valence-electron chi connectivity index (χ2n) is 4.37. The molecular formula is C15H16FNO2S. The Kier molecular flexibility index (Phi) is 5.45. The first-order valence-corrected chi connectivity index (χ1v) is 7.64. The maximum atomic E-state index is 13.9. The van der Waals surface area contributed by atoms with Gasteiger partial charge in [-0.1, -0.05) is 11.8 Å². The topological polar surface area (TPSA) is 40.5 Å². The Morgan fingerprint density at radius 1 is 1.40 bits per heavy atom. The molecule has 1 saturated heterocycles. The number of rotatable bonds is 2. The van der Waals surface area contributed by atoms with E-state index in [0.717, 1.165) is 11.5 Å². The second kappa shape index (κ2) is 7.32. The molecule has 0 spiro atoms. The molecule has 1 aromatic carbocycles. The van der Waals surface area contributed by atoms with E-state index in [1.807, 2.05) is 11.8 Å². The van der Waals surface area contributed by atoms with Crippen LogP contribution in [-0.2, 0) is 0 Å². The Balaban J connectivity index is 2.12. The highest BCUT2D eigenvalue weighted by atomic mass is 32.2. The molecule has 1 N–H and O–H groups in total. The van der Waals surface area contributed by atoms with Gasteiger partial charge in [0.15, 0.2) is 0 Å².